The van der Waals surface area contributed by atoms with Crippen LogP contribution in [0.5, 0.6) is 0 Å². The summed E-state index contributed by atoms with van der Waals surface area (Å²) in [4.78, 5) is 4.01. The minimum absolute atomic E-state index is 0.147. The van der Waals surface area contributed by atoms with Crippen molar-refractivity contribution in [2.75, 3.05) is 4.72 Å². The third-order valence-electron chi connectivity index (χ3n) is 3.05. The standard InChI is InChI=1S/C13H12N4O3S/c18-8-10-6-15-16-13(10)21(19,20)17-12-3-1-2-9-4-5-14-7-11(9)12/h1-7,17-18H,8H2,(H,15,16). The van der Waals surface area contributed by atoms with Gasteiger partial charge in [0.1, 0.15) is 0 Å². The number of hydrogen-bond donors (Lipinski definition) is 3. The van der Waals surface area contributed by atoms with Gasteiger partial charge < -0.3 is 5.11 Å². The molecule has 108 valence electrons. The van der Waals surface area contributed by atoms with Crippen molar-refractivity contribution in [3.8, 4) is 0 Å². The zero-order chi connectivity index (χ0) is 14.9. The molecule has 0 aliphatic heterocycles. The minimum atomic E-state index is -3.86. The number of hydrogen-bond acceptors (Lipinski definition) is 5. The molecule has 0 bridgehead atoms. The van der Waals surface area contributed by atoms with Crippen LogP contribution in [0.25, 0.3) is 10.8 Å². The molecule has 0 fully saturated rings. The first-order valence-corrected chi connectivity index (χ1v) is 7.59. The van der Waals surface area contributed by atoms with E-state index in [9.17, 15) is 8.42 Å². The number of sulfonamides is 1. The highest BCUT2D eigenvalue weighted by Crippen LogP contribution is 2.25. The van der Waals surface area contributed by atoms with E-state index in [1.165, 1.54) is 6.20 Å². The van der Waals surface area contributed by atoms with Crippen molar-refractivity contribution in [1.82, 2.24) is 15.2 Å². The van der Waals surface area contributed by atoms with Crippen molar-refractivity contribution in [2.45, 2.75) is 11.6 Å². The predicted molar refractivity (Wildman–Crippen MR) is 77.1 cm³/mol. The van der Waals surface area contributed by atoms with Crippen LogP contribution in [0.1, 0.15) is 5.56 Å². The first-order chi connectivity index (χ1) is 10.1. The fourth-order valence-corrected chi connectivity index (χ4v) is 3.25. The van der Waals surface area contributed by atoms with Crippen LogP contribution in [0, 0.1) is 0 Å². The summed E-state index contributed by atoms with van der Waals surface area (Å²) in [5.41, 5.74) is 0.625. The number of aromatic amines is 1. The Balaban J connectivity index is 2.06. The minimum Gasteiger partial charge on any atom is -0.392 e. The van der Waals surface area contributed by atoms with Crippen molar-refractivity contribution in [1.29, 1.82) is 0 Å². The number of benzene rings is 1. The first kappa shape index (κ1) is 13.5. The van der Waals surface area contributed by atoms with E-state index in [0.717, 1.165) is 5.39 Å². The van der Waals surface area contributed by atoms with Gasteiger partial charge in [-0.15, -0.1) is 0 Å². The van der Waals surface area contributed by atoms with Gasteiger partial charge in [-0.25, -0.2) is 0 Å². The summed E-state index contributed by atoms with van der Waals surface area (Å²) >= 11 is 0. The number of aliphatic hydroxyl groups excluding tert-OH is 1. The van der Waals surface area contributed by atoms with Gasteiger partial charge in [-0.2, -0.15) is 13.5 Å². The van der Waals surface area contributed by atoms with Crippen molar-refractivity contribution >= 4 is 26.5 Å². The molecule has 3 rings (SSSR count). The van der Waals surface area contributed by atoms with Crippen molar-refractivity contribution in [2.24, 2.45) is 0 Å². The second-order valence-electron chi connectivity index (χ2n) is 4.39. The molecule has 21 heavy (non-hydrogen) atoms. The molecular weight excluding hydrogens is 292 g/mol. The van der Waals surface area contributed by atoms with Crippen LogP contribution < -0.4 is 4.72 Å². The van der Waals surface area contributed by atoms with Gasteiger partial charge in [-0.05, 0) is 17.5 Å². The molecule has 0 spiro atoms. The summed E-state index contributed by atoms with van der Waals surface area (Å²) in [7, 11) is -3.86. The first-order valence-electron chi connectivity index (χ1n) is 6.10. The summed E-state index contributed by atoms with van der Waals surface area (Å²) in [6.45, 7) is -0.413. The summed E-state index contributed by atoms with van der Waals surface area (Å²) < 4.78 is 27.2. The van der Waals surface area contributed by atoms with Crippen LogP contribution in [-0.2, 0) is 16.6 Å². The van der Waals surface area contributed by atoms with E-state index in [4.69, 9.17) is 5.11 Å². The molecular formula is C13H12N4O3S. The average molecular weight is 304 g/mol. The molecule has 0 radical (unpaired) electrons. The van der Waals surface area contributed by atoms with Crippen LogP contribution in [0.2, 0.25) is 0 Å². The van der Waals surface area contributed by atoms with Gasteiger partial charge in [0.2, 0.25) is 0 Å². The second kappa shape index (κ2) is 5.15. The topological polar surface area (TPSA) is 108 Å². The van der Waals surface area contributed by atoms with Crippen molar-refractivity contribution in [3.63, 3.8) is 0 Å². The predicted octanol–water partition coefficient (Wildman–Crippen LogP) is 1.25. The maximum absolute atomic E-state index is 12.4. The molecule has 7 nitrogen and oxygen atoms in total. The molecule has 0 saturated carbocycles. The molecule has 8 heteroatoms. The van der Waals surface area contributed by atoms with E-state index in [0.29, 0.717) is 11.1 Å². The van der Waals surface area contributed by atoms with Crippen molar-refractivity contribution in [3.05, 3.63) is 48.4 Å². The van der Waals surface area contributed by atoms with E-state index in [1.807, 2.05) is 6.07 Å². The summed E-state index contributed by atoms with van der Waals surface area (Å²) in [5.74, 6) is 0. The van der Waals surface area contributed by atoms with Gasteiger partial charge in [0, 0.05) is 23.3 Å². The molecule has 0 aliphatic rings. The van der Waals surface area contributed by atoms with Gasteiger partial charge in [-0.3, -0.25) is 14.8 Å². The van der Waals surface area contributed by atoms with Gasteiger partial charge in [-0.1, -0.05) is 12.1 Å². The van der Waals surface area contributed by atoms with Crippen LogP contribution in [0.15, 0.2) is 47.9 Å². The van der Waals surface area contributed by atoms with Gasteiger partial charge in [0.05, 0.1) is 18.5 Å². The summed E-state index contributed by atoms with van der Waals surface area (Å²) in [6, 6.07) is 7.06. The Labute approximate surface area is 120 Å². The third-order valence-corrected chi connectivity index (χ3v) is 4.42. The lowest BCUT2D eigenvalue weighted by Gasteiger charge is -2.10. The quantitative estimate of drug-likeness (QED) is 0.672. The molecule has 3 aromatic rings. The lowest BCUT2D eigenvalue weighted by atomic mass is 10.1. The van der Waals surface area contributed by atoms with Crippen molar-refractivity contribution < 1.29 is 13.5 Å². The summed E-state index contributed by atoms with van der Waals surface area (Å²) in [6.07, 6.45) is 4.51. The van der Waals surface area contributed by atoms with Crippen LogP contribution in [-0.4, -0.2) is 28.7 Å². The number of H-pyrrole nitrogens is 1. The largest absolute Gasteiger partial charge is 0.392 e. The van der Waals surface area contributed by atoms with Gasteiger partial charge in [0.15, 0.2) is 5.03 Å². The Morgan fingerprint density at radius 3 is 2.90 bits per heavy atom. The van der Waals surface area contributed by atoms with E-state index in [2.05, 4.69) is 19.9 Å². The van der Waals surface area contributed by atoms with E-state index < -0.39 is 16.6 Å². The zero-order valence-electron chi connectivity index (χ0n) is 10.8. The highest BCUT2D eigenvalue weighted by molar-refractivity contribution is 7.92. The Morgan fingerprint density at radius 2 is 2.10 bits per heavy atom. The Hall–Kier alpha value is -2.45. The monoisotopic (exact) mass is 304 g/mol. The summed E-state index contributed by atoms with van der Waals surface area (Å²) in [5, 5.41) is 16.6. The van der Waals surface area contributed by atoms with E-state index >= 15 is 0 Å². The number of anilines is 1. The van der Waals surface area contributed by atoms with Crippen LogP contribution >= 0.6 is 0 Å². The molecule has 1 aromatic carbocycles. The van der Waals surface area contributed by atoms with Crippen LogP contribution in [0.3, 0.4) is 0 Å². The maximum Gasteiger partial charge on any atom is 0.279 e. The highest BCUT2D eigenvalue weighted by atomic mass is 32.2. The Morgan fingerprint density at radius 1 is 1.24 bits per heavy atom. The number of nitrogens with one attached hydrogen (secondary N) is 2. The highest BCUT2D eigenvalue weighted by Gasteiger charge is 2.21. The number of fused-ring (bicyclic) bond motifs is 1. The van der Waals surface area contributed by atoms with E-state index in [-0.39, 0.29) is 10.6 Å². The second-order valence-corrected chi connectivity index (χ2v) is 6.01. The zero-order valence-corrected chi connectivity index (χ0v) is 11.6. The van der Waals surface area contributed by atoms with E-state index in [1.54, 1.807) is 30.6 Å². The molecule has 0 saturated heterocycles. The number of nitrogens with zero attached hydrogens (tertiary/aromatic N) is 2. The smallest absolute Gasteiger partial charge is 0.279 e. The molecule has 0 unspecified atom stereocenters. The van der Waals surface area contributed by atoms with Crippen LogP contribution in [0.4, 0.5) is 5.69 Å². The Kier molecular flexibility index (Phi) is 3.32. The number of pyridine rings is 1. The lowest BCUT2D eigenvalue weighted by molar-refractivity contribution is 0.278. The normalized spacial score (nSPS) is 11.7. The molecule has 3 N–H and O–H groups in total. The molecule has 0 aliphatic carbocycles. The SMILES string of the molecule is O=S(=O)(Nc1cccc2ccncc12)c1[nH]ncc1CO. The number of aromatic nitrogens is 3. The average Bonchev–Trinajstić information content (AvgIpc) is 2.97. The molecule has 2 heterocycles. The molecule has 0 atom stereocenters. The number of aliphatic hydroxyl groups is 1. The lowest BCUT2D eigenvalue weighted by Crippen LogP contribution is -2.15. The van der Waals surface area contributed by atoms with Gasteiger partial charge in [0.25, 0.3) is 10.0 Å². The fraction of sp³-hybridized carbons (Fsp3) is 0.0769. The fourth-order valence-electron chi connectivity index (χ4n) is 2.04. The molecule has 2 aromatic heterocycles. The maximum atomic E-state index is 12.4. The van der Waals surface area contributed by atoms with Gasteiger partial charge >= 0.3 is 0 Å². The molecule has 0 amide bonds. The number of rotatable bonds is 4. The third kappa shape index (κ3) is 2.46. The Bertz CT molecular complexity index is 884.